The van der Waals surface area contributed by atoms with Gasteiger partial charge in [-0.3, -0.25) is 0 Å². The molecule has 0 heterocycles. The second-order valence-corrected chi connectivity index (χ2v) is 7.44. The molecule has 0 saturated heterocycles. The summed E-state index contributed by atoms with van der Waals surface area (Å²) in [4.78, 5) is 0. The molecule has 1 nitrogen and oxygen atoms in total. The van der Waals surface area contributed by atoms with Crippen LogP contribution in [0.15, 0.2) is 0 Å². The van der Waals surface area contributed by atoms with Crippen molar-refractivity contribution in [2.45, 2.75) is 39.5 Å². The number of unbranched alkanes of at least 4 members (excludes halogenated alkanes) is 2. The number of rotatable bonds is 6. The second kappa shape index (κ2) is 6.15. The molecule has 0 rings (SSSR count). The van der Waals surface area contributed by atoms with E-state index < -0.39 is 14.2 Å². The summed E-state index contributed by atoms with van der Waals surface area (Å²) in [6, 6.07) is 0. The second-order valence-electron chi connectivity index (χ2n) is 3.42. The van der Waals surface area contributed by atoms with Crippen LogP contribution in [0.3, 0.4) is 0 Å². The predicted molar refractivity (Wildman–Crippen MR) is 55.1 cm³/mol. The van der Waals surface area contributed by atoms with Gasteiger partial charge >= 0.3 is 35.0 Å². The Kier molecular flexibility index (Phi) is 7.09. The Balaban J connectivity index is 0. The quantitative estimate of drug-likeness (QED) is 0.437. The summed E-state index contributed by atoms with van der Waals surface area (Å²) in [6.07, 6.45) is 5.26. The third-order valence-electron chi connectivity index (χ3n) is 1.41. The molecule has 104 valence electrons. The van der Waals surface area contributed by atoms with Crippen LogP contribution in [0.2, 0.25) is 0 Å². The first kappa shape index (κ1) is 18.5. The molecule has 0 fully saturated rings. The molecule has 0 aliphatic rings. The molecule has 0 aromatic heterocycles. The van der Waals surface area contributed by atoms with E-state index in [4.69, 9.17) is 0 Å². The zero-order chi connectivity index (χ0) is 13.4. The maximum absolute atomic E-state index is 11.1. The van der Waals surface area contributed by atoms with Crippen molar-refractivity contribution in [3.63, 3.8) is 0 Å². The number of hydrogen-bond donors (Lipinski definition) is 1. The Hall–Kier alpha value is 0.0984. The first-order valence-corrected chi connectivity index (χ1v) is 9.39. The van der Waals surface area contributed by atoms with E-state index in [0.717, 1.165) is 0 Å². The number of nitrogens with one attached hydrogen (secondary N) is 1. The van der Waals surface area contributed by atoms with Crippen LogP contribution >= 0.6 is 0 Å². The van der Waals surface area contributed by atoms with Gasteiger partial charge in [-0.2, -0.15) is 0 Å². The van der Waals surface area contributed by atoms with E-state index in [0.29, 0.717) is 0 Å². The molecule has 0 spiro atoms. The molecule has 0 aromatic carbocycles. The molecule has 1 N–H and O–H groups in total. The van der Waals surface area contributed by atoms with Crippen LogP contribution in [-0.2, 0) is 0 Å². The Bertz CT molecular complexity index is 156. The van der Waals surface area contributed by atoms with Crippen molar-refractivity contribution in [3.05, 3.63) is 0 Å². The zero-order valence-electron chi connectivity index (χ0n) is 9.46. The monoisotopic (exact) mass is 318 g/mol. The zero-order valence-corrected chi connectivity index (χ0v) is 11.3. The standard InChI is InChI=1S/C8H19N.AsF6/c1-3-5-7-9-8-6-4-2;2-1(3,4,5,6)7/h9H,3-8H2,1-2H3;/q;-1. The molecule has 8 heteroatoms. The van der Waals surface area contributed by atoms with Crippen LogP contribution in [0.5, 0.6) is 0 Å². The van der Waals surface area contributed by atoms with Gasteiger partial charge in [0.2, 0.25) is 0 Å². The molecule has 0 aromatic rings. The van der Waals surface area contributed by atoms with Gasteiger partial charge < -0.3 is 5.32 Å². The van der Waals surface area contributed by atoms with E-state index in [2.05, 4.69) is 19.2 Å². The van der Waals surface area contributed by atoms with Crippen LogP contribution in [0.4, 0.5) is 20.8 Å². The van der Waals surface area contributed by atoms with Gasteiger partial charge in [-0.05, 0) is 25.9 Å². The maximum atomic E-state index is 9.91. The average molecular weight is 318 g/mol. The SMILES string of the molecule is CCCCNCCCC.F[As-](F)(F)(F)(F)F. The minimum absolute atomic E-state index is 1.20. The Labute approximate surface area is 93.4 Å². The normalized spacial score (nSPS) is 15.8. The van der Waals surface area contributed by atoms with Crippen LogP contribution < -0.4 is 5.32 Å². The molecular formula is C8H19AsF6N-. The molecule has 0 unspecified atom stereocenters. The third kappa shape index (κ3) is 65.0. The number of halogens is 6. The van der Waals surface area contributed by atoms with Crippen LogP contribution in [0.1, 0.15) is 39.5 Å². The van der Waals surface area contributed by atoms with Crippen molar-refractivity contribution in [2.75, 3.05) is 13.1 Å². The van der Waals surface area contributed by atoms with E-state index in [1.54, 1.807) is 0 Å². The van der Waals surface area contributed by atoms with Gasteiger partial charge in [0, 0.05) is 0 Å². The fourth-order valence-corrected chi connectivity index (χ4v) is 0.729. The van der Waals surface area contributed by atoms with Crippen molar-refractivity contribution >= 4 is 14.2 Å². The van der Waals surface area contributed by atoms with Gasteiger partial charge in [0.05, 0.1) is 0 Å². The Morgan fingerprint density at radius 2 is 1.00 bits per heavy atom. The summed E-state index contributed by atoms with van der Waals surface area (Å²) in [6.45, 7) is 6.86. The first-order chi connectivity index (χ1) is 6.86. The first-order valence-electron chi connectivity index (χ1n) is 5.14. The van der Waals surface area contributed by atoms with Crippen LogP contribution in [0, 0.1) is 0 Å². The molecular weight excluding hydrogens is 299 g/mol. The summed E-state index contributed by atoms with van der Waals surface area (Å²) < 4.78 is 59.4. The summed E-state index contributed by atoms with van der Waals surface area (Å²) in [5.74, 6) is 0. The average Bonchev–Trinajstić information content (AvgIpc) is 1.98. The molecule has 0 radical (unpaired) electrons. The molecule has 0 aliphatic carbocycles. The molecule has 0 bridgehead atoms. The van der Waals surface area contributed by atoms with Crippen molar-refractivity contribution in [1.82, 2.24) is 5.32 Å². The molecule has 0 saturated carbocycles. The van der Waals surface area contributed by atoms with E-state index in [9.17, 15) is 20.8 Å². The third-order valence-corrected chi connectivity index (χ3v) is 1.41. The summed E-state index contributed by atoms with van der Waals surface area (Å²) >= 11 is -11.1. The Morgan fingerprint density at radius 3 is 1.19 bits per heavy atom. The van der Waals surface area contributed by atoms with Crippen molar-refractivity contribution in [3.8, 4) is 0 Å². The van der Waals surface area contributed by atoms with Gasteiger partial charge in [-0.15, -0.1) is 0 Å². The van der Waals surface area contributed by atoms with Crippen LogP contribution in [-0.4, -0.2) is 27.3 Å². The van der Waals surface area contributed by atoms with Gasteiger partial charge in [-0.25, -0.2) is 0 Å². The van der Waals surface area contributed by atoms with E-state index in [-0.39, 0.29) is 0 Å². The van der Waals surface area contributed by atoms with E-state index >= 15 is 0 Å². The number of hydrogen-bond acceptors (Lipinski definition) is 1. The van der Waals surface area contributed by atoms with Crippen molar-refractivity contribution < 1.29 is 20.8 Å². The van der Waals surface area contributed by atoms with Crippen LogP contribution in [0.25, 0.3) is 0 Å². The summed E-state index contributed by atoms with van der Waals surface area (Å²) in [5.41, 5.74) is 0. The summed E-state index contributed by atoms with van der Waals surface area (Å²) in [7, 11) is 0. The topological polar surface area (TPSA) is 12.0 Å². The van der Waals surface area contributed by atoms with E-state index in [1.807, 2.05) is 0 Å². The van der Waals surface area contributed by atoms with Gasteiger partial charge in [0.15, 0.2) is 0 Å². The summed E-state index contributed by atoms with van der Waals surface area (Å²) in [5, 5.41) is 3.39. The fraction of sp³-hybridized carbons (Fsp3) is 1.00. The van der Waals surface area contributed by atoms with Gasteiger partial charge in [-0.1, -0.05) is 26.7 Å². The van der Waals surface area contributed by atoms with Crippen molar-refractivity contribution in [1.29, 1.82) is 0 Å². The Morgan fingerprint density at radius 1 is 0.750 bits per heavy atom. The fourth-order valence-electron chi connectivity index (χ4n) is 0.729. The van der Waals surface area contributed by atoms with Gasteiger partial charge in [0.1, 0.15) is 0 Å². The predicted octanol–water partition coefficient (Wildman–Crippen LogP) is 4.32. The molecule has 16 heavy (non-hydrogen) atoms. The van der Waals surface area contributed by atoms with Gasteiger partial charge in [0.25, 0.3) is 0 Å². The molecule has 0 amide bonds. The van der Waals surface area contributed by atoms with E-state index in [1.165, 1.54) is 38.8 Å². The van der Waals surface area contributed by atoms with Crippen molar-refractivity contribution in [2.24, 2.45) is 0 Å². The molecule has 0 aliphatic heterocycles. The minimum atomic E-state index is -11.1. The molecule has 0 atom stereocenters.